The van der Waals surface area contributed by atoms with E-state index in [1.54, 1.807) is 43.3 Å². The first-order chi connectivity index (χ1) is 17.2. The van der Waals surface area contributed by atoms with Crippen LogP contribution in [0.25, 0.3) is 0 Å². The van der Waals surface area contributed by atoms with Gasteiger partial charge in [-0.2, -0.15) is 0 Å². The second kappa shape index (κ2) is 11.7. The molecule has 3 rings (SSSR count). The Kier molecular flexibility index (Phi) is 8.71. The van der Waals surface area contributed by atoms with Gasteiger partial charge in [0.15, 0.2) is 0 Å². The molecule has 3 aromatic carbocycles. The van der Waals surface area contributed by atoms with Gasteiger partial charge in [0.05, 0.1) is 17.7 Å². The van der Waals surface area contributed by atoms with Gasteiger partial charge >= 0.3 is 0 Å². The summed E-state index contributed by atoms with van der Waals surface area (Å²) in [6, 6.07) is 21.3. The van der Waals surface area contributed by atoms with Crippen molar-refractivity contribution in [3.05, 3.63) is 90.0 Å². The SMILES string of the molecule is CNC(=O)C(C)N(Cc1ccccc1)C(=O)CN(c1ccc(C)cc1)S(=O)(=O)c1ccc(OC)cc1. The summed E-state index contributed by atoms with van der Waals surface area (Å²) >= 11 is 0. The molecule has 0 fully saturated rings. The lowest BCUT2D eigenvalue weighted by Crippen LogP contribution is -2.50. The molecule has 0 aliphatic rings. The molecule has 0 heterocycles. The molecule has 3 aromatic rings. The third-order valence-corrected chi connectivity index (χ3v) is 7.65. The van der Waals surface area contributed by atoms with Crippen molar-refractivity contribution in [1.29, 1.82) is 0 Å². The molecule has 1 unspecified atom stereocenters. The topological polar surface area (TPSA) is 96.0 Å². The summed E-state index contributed by atoms with van der Waals surface area (Å²) in [6.07, 6.45) is 0. The van der Waals surface area contributed by atoms with E-state index >= 15 is 0 Å². The van der Waals surface area contributed by atoms with Crippen LogP contribution in [0, 0.1) is 6.92 Å². The van der Waals surface area contributed by atoms with E-state index in [1.165, 1.54) is 31.2 Å². The van der Waals surface area contributed by atoms with E-state index in [4.69, 9.17) is 4.74 Å². The monoisotopic (exact) mass is 509 g/mol. The highest BCUT2D eigenvalue weighted by Gasteiger charge is 2.32. The van der Waals surface area contributed by atoms with Gasteiger partial charge in [0.2, 0.25) is 11.8 Å². The smallest absolute Gasteiger partial charge is 0.264 e. The highest BCUT2D eigenvalue weighted by Crippen LogP contribution is 2.26. The quantitative estimate of drug-likeness (QED) is 0.452. The molecule has 9 heteroatoms. The molecular weight excluding hydrogens is 478 g/mol. The Hall–Kier alpha value is -3.85. The molecule has 0 saturated carbocycles. The summed E-state index contributed by atoms with van der Waals surface area (Å²) in [5, 5.41) is 2.57. The maximum absolute atomic E-state index is 13.7. The van der Waals surface area contributed by atoms with E-state index in [9.17, 15) is 18.0 Å². The van der Waals surface area contributed by atoms with Crippen LogP contribution in [0.2, 0.25) is 0 Å². The van der Waals surface area contributed by atoms with Gasteiger partial charge in [-0.05, 0) is 55.8 Å². The van der Waals surface area contributed by atoms with Crippen LogP contribution in [-0.4, -0.2) is 51.9 Å². The highest BCUT2D eigenvalue weighted by molar-refractivity contribution is 7.92. The van der Waals surface area contributed by atoms with Gasteiger partial charge in [-0.15, -0.1) is 0 Å². The number of carbonyl (C=O) groups excluding carboxylic acids is 2. The first-order valence-electron chi connectivity index (χ1n) is 11.5. The van der Waals surface area contributed by atoms with E-state index in [2.05, 4.69) is 5.32 Å². The average Bonchev–Trinajstić information content (AvgIpc) is 2.90. The predicted molar refractivity (Wildman–Crippen MR) is 139 cm³/mol. The van der Waals surface area contributed by atoms with E-state index < -0.39 is 28.5 Å². The number of rotatable bonds is 10. The molecule has 0 bridgehead atoms. The van der Waals surface area contributed by atoms with Gasteiger partial charge in [-0.1, -0.05) is 48.0 Å². The lowest BCUT2D eigenvalue weighted by Gasteiger charge is -2.31. The van der Waals surface area contributed by atoms with Crippen LogP contribution in [0.4, 0.5) is 5.69 Å². The molecule has 8 nitrogen and oxygen atoms in total. The van der Waals surface area contributed by atoms with Crippen LogP contribution in [0.3, 0.4) is 0 Å². The molecule has 190 valence electrons. The van der Waals surface area contributed by atoms with Crippen LogP contribution in [0.15, 0.2) is 83.8 Å². The number of aryl methyl sites for hydroxylation is 1. The van der Waals surface area contributed by atoms with Gasteiger partial charge in [0.25, 0.3) is 10.0 Å². The second-order valence-corrected chi connectivity index (χ2v) is 10.2. The molecule has 0 radical (unpaired) electrons. The van der Waals surface area contributed by atoms with Crippen LogP contribution in [-0.2, 0) is 26.2 Å². The Bertz CT molecular complexity index is 1280. The fourth-order valence-electron chi connectivity index (χ4n) is 3.69. The first-order valence-corrected chi connectivity index (χ1v) is 12.9. The van der Waals surface area contributed by atoms with Crippen molar-refractivity contribution in [2.24, 2.45) is 0 Å². The Labute approximate surface area is 212 Å². The fraction of sp³-hybridized carbons (Fsp3) is 0.259. The number of hydrogen-bond acceptors (Lipinski definition) is 5. The summed E-state index contributed by atoms with van der Waals surface area (Å²) in [4.78, 5) is 27.5. The minimum Gasteiger partial charge on any atom is -0.497 e. The maximum Gasteiger partial charge on any atom is 0.264 e. The standard InChI is InChI=1S/C27H31N3O5S/c1-20-10-12-23(13-11-20)30(36(33,34)25-16-14-24(35-4)15-17-25)19-26(31)29(21(2)27(32)28-3)18-22-8-6-5-7-9-22/h5-17,21H,18-19H2,1-4H3,(H,28,32). The van der Waals surface area contributed by atoms with E-state index in [0.29, 0.717) is 11.4 Å². The number of carbonyl (C=O) groups is 2. The zero-order chi connectivity index (χ0) is 26.3. The van der Waals surface area contributed by atoms with E-state index in [-0.39, 0.29) is 17.3 Å². The molecule has 1 N–H and O–H groups in total. The van der Waals surface area contributed by atoms with Crippen molar-refractivity contribution in [2.45, 2.75) is 31.3 Å². The summed E-state index contributed by atoms with van der Waals surface area (Å²) in [5.41, 5.74) is 2.12. The van der Waals surface area contributed by atoms with Gasteiger partial charge in [-0.25, -0.2) is 8.42 Å². The number of nitrogens with one attached hydrogen (secondary N) is 1. The van der Waals surface area contributed by atoms with Crippen LogP contribution in [0.1, 0.15) is 18.1 Å². The number of methoxy groups -OCH3 is 1. The highest BCUT2D eigenvalue weighted by atomic mass is 32.2. The molecule has 0 aliphatic carbocycles. The molecule has 0 aliphatic heterocycles. The normalized spacial score (nSPS) is 11.9. The zero-order valence-electron chi connectivity index (χ0n) is 20.8. The summed E-state index contributed by atoms with van der Waals surface area (Å²) in [5.74, 6) is -0.341. The lowest BCUT2D eigenvalue weighted by molar-refractivity contribution is -0.139. The molecule has 36 heavy (non-hydrogen) atoms. The fourth-order valence-corrected chi connectivity index (χ4v) is 5.10. The van der Waals surface area contributed by atoms with Gasteiger partial charge in [-0.3, -0.25) is 13.9 Å². The van der Waals surface area contributed by atoms with Crippen LogP contribution >= 0.6 is 0 Å². The number of benzene rings is 3. The predicted octanol–water partition coefficient (Wildman–Crippen LogP) is 3.36. The third-order valence-electron chi connectivity index (χ3n) is 5.86. The summed E-state index contributed by atoms with van der Waals surface area (Å²) in [6.45, 7) is 3.18. The molecule has 2 amide bonds. The van der Waals surface area contributed by atoms with Gasteiger partial charge in [0, 0.05) is 13.6 Å². The minimum atomic E-state index is -4.12. The molecule has 1 atom stereocenters. The Balaban J connectivity index is 2.01. The van der Waals surface area contributed by atoms with E-state index in [0.717, 1.165) is 15.4 Å². The Morgan fingerprint density at radius 2 is 1.56 bits per heavy atom. The number of ether oxygens (including phenoxy) is 1. The second-order valence-electron chi connectivity index (χ2n) is 8.32. The summed E-state index contributed by atoms with van der Waals surface area (Å²) < 4.78 is 33.7. The van der Waals surface area contributed by atoms with Crippen molar-refractivity contribution < 1.29 is 22.7 Å². The average molecular weight is 510 g/mol. The van der Waals surface area contributed by atoms with Crippen molar-refractivity contribution in [1.82, 2.24) is 10.2 Å². The van der Waals surface area contributed by atoms with E-state index in [1.807, 2.05) is 37.3 Å². The number of nitrogens with zero attached hydrogens (tertiary/aromatic N) is 2. The number of amides is 2. The maximum atomic E-state index is 13.7. The van der Waals surface area contributed by atoms with Gasteiger partial charge in [0.1, 0.15) is 18.3 Å². The van der Waals surface area contributed by atoms with Crippen LogP contribution < -0.4 is 14.4 Å². The zero-order valence-corrected chi connectivity index (χ0v) is 21.7. The number of sulfonamides is 1. The Morgan fingerprint density at radius 3 is 2.11 bits per heavy atom. The van der Waals surface area contributed by atoms with Crippen molar-refractivity contribution >= 4 is 27.5 Å². The molecular formula is C27H31N3O5S. The van der Waals surface area contributed by atoms with Crippen molar-refractivity contribution in [3.8, 4) is 5.75 Å². The Morgan fingerprint density at radius 1 is 0.944 bits per heavy atom. The summed E-state index contributed by atoms with van der Waals surface area (Å²) in [7, 11) is -1.12. The molecule has 0 saturated heterocycles. The van der Waals surface area contributed by atoms with Gasteiger partial charge < -0.3 is 15.0 Å². The van der Waals surface area contributed by atoms with Crippen LogP contribution in [0.5, 0.6) is 5.75 Å². The molecule has 0 spiro atoms. The van der Waals surface area contributed by atoms with Crippen molar-refractivity contribution in [2.75, 3.05) is 25.0 Å². The minimum absolute atomic E-state index is 0.0191. The van der Waals surface area contributed by atoms with Crippen molar-refractivity contribution in [3.63, 3.8) is 0 Å². The third kappa shape index (κ3) is 6.23. The number of likely N-dealkylation sites (N-methyl/N-ethyl adjacent to an activating group) is 1. The number of anilines is 1. The lowest BCUT2D eigenvalue weighted by atomic mass is 10.1. The molecule has 0 aromatic heterocycles. The largest absolute Gasteiger partial charge is 0.497 e. The first kappa shape index (κ1) is 26.7. The number of hydrogen-bond donors (Lipinski definition) is 1.